The molecule has 0 bridgehead atoms. The van der Waals surface area contributed by atoms with Gasteiger partial charge in [0.2, 0.25) is 5.91 Å². The molecular formula is C16H24N2O2. The molecule has 0 saturated carbocycles. The molecule has 1 aromatic rings. The van der Waals surface area contributed by atoms with E-state index in [2.05, 4.69) is 24.4 Å². The molecule has 0 fully saturated rings. The molecule has 0 radical (unpaired) electrons. The number of nitrogens with one attached hydrogen (secondary N) is 1. The van der Waals surface area contributed by atoms with E-state index in [1.54, 1.807) is 0 Å². The lowest BCUT2D eigenvalue weighted by molar-refractivity contribution is -0.135. The maximum absolute atomic E-state index is 12.6. The van der Waals surface area contributed by atoms with E-state index in [4.69, 9.17) is 5.11 Å². The summed E-state index contributed by atoms with van der Waals surface area (Å²) in [6.45, 7) is 4.02. The van der Waals surface area contributed by atoms with Gasteiger partial charge in [-0.25, -0.2) is 0 Å². The lowest BCUT2D eigenvalue weighted by atomic mass is 9.93. The van der Waals surface area contributed by atoms with Crippen molar-refractivity contribution in [1.82, 2.24) is 4.90 Å². The van der Waals surface area contributed by atoms with Crippen LogP contribution in [-0.2, 0) is 11.2 Å². The van der Waals surface area contributed by atoms with Crippen molar-refractivity contribution < 1.29 is 9.90 Å². The van der Waals surface area contributed by atoms with Crippen LogP contribution in [0, 0.1) is 5.92 Å². The lowest BCUT2D eigenvalue weighted by Crippen LogP contribution is -2.43. The number of fused-ring (bicyclic) bond motifs is 1. The monoisotopic (exact) mass is 276 g/mol. The molecule has 2 N–H and O–H groups in total. The van der Waals surface area contributed by atoms with Gasteiger partial charge in [-0.15, -0.1) is 0 Å². The smallest absolute Gasteiger partial charge is 0.227 e. The second-order valence-corrected chi connectivity index (χ2v) is 5.34. The second-order valence-electron chi connectivity index (χ2n) is 5.34. The minimum Gasteiger partial charge on any atom is -0.395 e. The third-order valence-electron chi connectivity index (χ3n) is 3.84. The maximum atomic E-state index is 12.6. The van der Waals surface area contributed by atoms with Crippen LogP contribution in [0.4, 0.5) is 5.69 Å². The van der Waals surface area contributed by atoms with Gasteiger partial charge in [0, 0.05) is 25.3 Å². The van der Waals surface area contributed by atoms with Crippen LogP contribution < -0.4 is 5.32 Å². The number of nitrogens with zero attached hydrogens (tertiary/aromatic N) is 1. The van der Waals surface area contributed by atoms with Gasteiger partial charge in [-0.05, 0) is 24.5 Å². The third-order valence-corrected chi connectivity index (χ3v) is 3.84. The standard InChI is InChI=1S/C16H24N2O2/c1-2-3-8-18(9-10-19)16(20)14-11-13-6-4-5-7-15(13)17-12-14/h4-7,14,17,19H,2-3,8-12H2,1H3. The van der Waals surface area contributed by atoms with Gasteiger partial charge in [0.1, 0.15) is 0 Å². The number of para-hydroxylation sites is 1. The van der Waals surface area contributed by atoms with E-state index in [-0.39, 0.29) is 18.4 Å². The highest BCUT2D eigenvalue weighted by Gasteiger charge is 2.27. The van der Waals surface area contributed by atoms with E-state index < -0.39 is 0 Å². The van der Waals surface area contributed by atoms with Gasteiger partial charge in [-0.1, -0.05) is 31.5 Å². The van der Waals surface area contributed by atoms with Gasteiger partial charge >= 0.3 is 0 Å². The van der Waals surface area contributed by atoms with Crippen LogP contribution >= 0.6 is 0 Å². The Hall–Kier alpha value is -1.55. The molecule has 1 aliphatic rings. The number of amides is 1. The summed E-state index contributed by atoms with van der Waals surface area (Å²) in [6, 6.07) is 8.14. The first-order chi connectivity index (χ1) is 9.76. The highest BCUT2D eigenvalue weighted by atomic mass is 16.3. The van der Waals surface area contributed by atoms with Crippen molar-refractivity contribution >= 4 is 11.6 Å². The summed E-state index contributed by atoms with van der Waals surface area (Å²) in [5, 5.41) is 12.5. The fourth-order valence-corrected chi connectivity index (χ4v) is 2.68. The molecule has 1 amide bonds. The topological polar surface area (TPSA) is 52.6 Å². The Labute approximate surface area is 120 Å². The first-order valence-corrected chi connectivity index (χ1v) is 7.47. The third kappa shape index (κ3) is 3.51. The minimum absolute atomic E-state index is 0.0201. The molecule has 1 atom stereocenters. The largest absolute Gasteiger partial charge is 0.395 e. The van der Waals surface area contributed by atoms with Gasteiger partial charge in [0.25, 0.3) is 0 Å². The van der Waals surface area contributed by atoms with Crippen molar-refractivity contribution in [3.63, 3.8) is 0 Å². The molecule has 110 valence electrons. The van der Waals surface area contributed by atoms with Crippen LogP contribution in [0.15, 0.2) is 24.3 Å². The number of unbranched alkanes of at least 4 members (excludes halogenated alkanes) is 1. The van der Waals surface area contributed by atoms with Crippen LogP contribution in [0.2, 0.25) is 0 Å². The number of carbonyl (C=O) groups is 1. The van der Waals surface area contributed by atoms with E-state index in [1.165, 1.54) is 5.56 Å². The van der Waals surface area contributed by atoms with Crippen molar-refractivity contribution in [3.8, 4) is 0 Å². The summed E-state index contributed by atoms with van der Waals surface area (Å²) in [4.78, 5) is 14.4. The number of hydrogen-bond donors (Lipinski definition) is 2. The van der Waals surface area contributed by atoms with Crippen molar-refractivity contribution in [2.75, 3.05) is 31.6 Å². The van der Waals surface area contributed by atoms with Gasteiger partial charge in [0.05, 0.1) is 12.5 Å². The van der Waals surface area contributed by atoms with E-state index in [0.717, 1.165) is 31.5 Å². The van der Waals surface area contributed by atoms with Crippen molar-refractivity contribution in [2.24, 2.45) is 5.92 Å². The zero-order valence-electron chi connectivity index (χ0n) is 12.1. The zero-order valence-corrected chi connectivity index (χ0v) is 12.1. The number of rotatable bonds is 6. The molecule has 0 aliphatic carbocycles. The van der Waals surface area contributed by atoms with Crippen molar-refractivity contribution in [1.29, 1.82) is 0 Å². The Bertz CT molecular complexity index is 448. The molecule has 2 rings (SSSR count). The van der Waals surface area contributed by atoms with Gasteiger partial charge < -0.3 is 15.3 Å². The molecular weight excluding hydrogens is 252 g/mol. The van der Waals surface area contributed by atoms with Crippen LogP contribution in [-0.4, -0.2) is 42.2 Å². The number of aliphatic hydroxyl groups excluding tert-OH is 1. The summed E-state index contributed by atoms with van der Waals surface area (Å²) in [5.41, 5.74) is 2.34. The molecule has 4 heteroatoms. The van der Waals surface area contributed by atoms with Crippen LogP contribution in [0.1, 0.15) is 25.3 Å². The van der Waals surface area contributed by atoms with Crippen LogP contribution in [0.3, 0.4) is 0 Å². The van der Waals surface area contributed by atoms with Crippen molar-refractivity contribution in [3.05, 3.63) is 29.8 Å². The highest BCUT2D eigenvalue weighted by molar-refractivity contribution is 5.81. The van der Waals surface area contributed by atoms with E-state index in [0.29, 0.717) is 13.1 Å². The first kappa shape index (κ1) is 14.9. The van der Waals surface area contributed by atoms with Crippen LogP contribution in [0.5, 0.6) is 0 Å². The first-order valence-electron chi connectivity index (χ1n) is 7.47. The number of anilines is 1. The highest BCUT2D eigenvalue weighted by Crippen LogP contribution is 2.25. The average molecular weight is 276 g/mol. The fourth-order valence-electron chi connectivity index (χ4n) is 2.68. The lowest BCUT2D eigenvalue weighted by Gasteiger charge is -2.30. The molecule has 1 heterocycles. The predicted octanol–water partition coefficient (Wildman–Crippen LogP) is 1.89. The quantitative estimate of drug-likeness (QED) is 0.834. The predicted molar refractivity (Wildman–Crippen MR) is 80.7 cm³/mol. The zero-order chi connectivity index (χ0) is 14.4. The van der Waals surface area contributed by atoms with E-state index >= 15 is 0 Å². The summed E-state index contributed by atoms with van der Waals surface area (Å²) in [6.07, 6.45) is 2.83. The van der Waals surface area contributed by atoms with Crippen molar-refractivity contribution in [2.45, 2.75) is 26.2 Å². The Morgan fingerprint density at radius 1 is 1.40 bits per heavy atom. The van der Waals surface area contributed by atoms with Crippen LogP contribution in [0.25, 0.3) is 0 Å². The second kappa shape index (κ2) is 7.29. The Kier molecular flexibility index (Phi) is 5.41. The number of carbonyl (C=O) groups excluding carboxylic acids is 1. The van der Waals surface area contributed by atoms with E-state index in [9.17, 15) is 4.79 Å². The normalized spacial score (nSPS) is 17.2. The SMILES string of the molecule is CCCCN(CCO)C(=O)C1CNc2ccccc2C1. The summed E-state index contributed by atoms with van der Waals surface area (Å²) < 4.78 is 0. The molecule has 0 aromatic heterocycles. The Morgan fingerprint density at radius 2 is 2.20 bits per heavy atom. The maximum Gasteiger partial charge on any atom is 0.227 e. The number of benzene rings is 1. The van der Waals surface area contributed by atoms with Gasteiger partial charge in [-0.2, -0.15) is 0 Å². The summed E-state index contributed by atoms with van der Waals surface area (Å²) in [5.74, 6) is 0.141. The molecule has 20 heavy (non-hydrogen) atoms. The molecule has 1 aliphatic heterocycles. The average Bonchev–Trinajstić information content (AvgIpc) is 2.50. The van der Waals surface area contributed by atoms with Gasteiger partial charge in [-0.3, -0.25) is 4.79 Å². The minimum atomic E-state index is -0.0201. The Balaban J connectivity index is 2.01. The number of aliphatic hydroxyl groups is 1. The molecule has 4 nitrogen and oxygen atoms in total. The number of hydrogen-bond acceptors (Lipinski definition) is 3. The van der Waals surface area contributed by atoms with Gasteiger partial charge in [0.15, 0.2) is 0 Å². The molecule has 1 aromatic carbocycles. The summed E-state index contributed by atoms with van der Waals surface area (Å²) >= 11 is 0. The van der Waals surface area contributed by atoms with E-state index in [1.807, 2.05) is 17.0 Å². The fraction of sp³-hybridized carbons (Fsp3) is 0.562. The Morgan fingerprint density at radius 3 is 2.95 bits per heavy atom. The molecule has 0 saturated heterocycles. The molecule has 1 unspecified atom stereocenters. The summed E-state index contributed by atoms with van der Waals surface area (Å²) in [7, 11) is 0. The molecule has 0 spiro atoms.